The Bertz CT molecular complexity index is 1520. The molecule has 6 aromatic rings. The summed E-state index contributed by atoms with van der Waals surface area (Å²) in [6, 6.07) is 22.3. The van der Waals surface area contributed by atoms with Crippen molar-refractivity contribution in [3.05, 3.63) is 83.6 Å². The molecule has 0 unspecified atom stereocenters. The lowest BCUT2D eigenvalue weighted by molar-refractivity contribution is 1.16. The van der Waals surface area contributed by atoms with Crippen molar-refractivity contribution in [1.82, 2.24) is 9.55 Å². The second-order valence-corrected chi connectivity index (χ2v) is 7.99. The van der Waals surface area contributed by atoms with Crippen LogP contribution in [0.3, 0.4) is 0 Å². The van der Waals surface area contributed by atoms with Crippen LogP contribution in [0.25, 0.3) is 49.2 Å². The first kappa shape index (κ1) is 15.6. The summed E-state index contributed by atoms with van der Waals surface area (Å²) in [5, 5.41) is 6.42. The number of hydrogen-bond acceptors (Lipinski definition) is 1. The van der Waals surface area contributed by atoms with E-state index in [9.17, 15) is 0 Å². The second-order valence-electron chi connectivity index (χ2n) is 7.99. The molecule has 2 nitrogen and oxygen atoms in total. The van der Waals surface area contributed by atoms with Crippen molar-refractivity contribution in [2.45, 2.75) is 20.8 Å². The van der Waals surface area contributed by atoms with E-state index >= 15 is 0 Å². The van der Waals surface area contributed by atoms with Crippen LogP contribution in [0.1, 0.15) is 16.7 Å². The third-order valence-electron chi connectivity index (χ3n) is 5.85. The molecule has 2 heterocycles. The molecule has 0 saturated carbocycles. The van der Waals surface area contributed by atoms with Crippen molar-refractivity contribution in [3.8, 4) is 5.69 Å². The maximum absolute atomic E-state index is 4.77. The Morgan fingerprint density at radius 2 is 1.36 bits per heavy atom. The van der Waals surface area contributed by atoms with Crippen LogP contribution in [0, 0.1) is 20.8 Å². The summed E-state index contributed by atoms with van der Waals surface area (Å²) in [5.74, 6) is 0. The predicted molar refractivity (Wildman–Crippen MR) is 119 cm³/mol. The van der Waals surface area contributed by atoms with Crippen LogP contribution in [-0.4, -0.2) is 9.55 Å². The smallest absolute Gasteiger partial charge is 0.0787 e. The average molecular weight is 360 g/mol. The first-order valence-electron chi connectivity index (χ1n) is 9.74. The minimum absolute atomic E-state index is 1.09. The highest BCUT2D eigenvalue weighted by atomic mass is 15.0. The van der Waals surface area contributed by atoms with E-state index in [-0.39, 0.29) is 0 Å². The van der Waals surface area contributed by atoms with Crippen LogP contribution < -0.4 is 0 Å². The number of benzene rings is 4. The van der Waals surface area contributed by atoms with Crippen LogP contribution >= 0.6 is 0 Å². The van der Waals surface area contributed by atoms with E-state index in [2.05, 4.69) is 79.9 Å². The first-order chi connectivity index (χ1) is 13.6. The lowest BCUT2D eigenvalue weighted by atomic mass is 9.96. The molecule has 0 aliphatic heterocycles. The summed E-state index contributed by atoms with van der Waals surface area (Å²) in [4.78, 5) is 4.77. The Labute approximate surface area is 163 Å². The van der Waals surface area contributed by atoms with E-state index in [0.717, 1.165) is 5.52 Å². The van der Waals surface area contributed by atoms with E-state index in [4.69, 9.17) is 4.98 Å². The molecule has 6 rings (SSSR count). The van der Waals surface area contributed by atoms with Gasteiger partial charge >= 0.3 is 0 Å². The van der Waals surface area contributed by atoms with Gasteiger partial charge in [0.05, 0.1) is 16.6 Å². The fraction of sp³-hybridized carbons (Fsp3) is 0.115. The summed E-state index contributed by atoms with van der Waals surface area (Å²) < 4.78 is 2.43. The normalized spacial score (nSPS) is 12.1. The van der Waals surface area contributed by atoms with Gasteiger partial charge in [-0.1, -0.05) is 24.3 Å². The van der Waals surface area contributed by atoms with E-state index in [0.29, 0.717) is 0 Å². The Kier molecular flexibility index (Phi) is 2.98. The van der Waals surface area contributed by atoms with Gasteiger partial charge in [-0.3, -0.25) is 4.98 Å². The van der Waals surface area contributed by atoms with Crippen molar-refractivity contribution in [1.29, 1.82) is 0 Å². The highest BCUT2D eigenvalue weighted by Gasteiger charge is 2.20. The van der Waals surface area contributed by atoms with Crippen molar-refractivity contribution < 1.29 is 0 Å². The molecule has 0 aliphatic carbocycles. The van der Waals surface area contributed by atoms with Gasteiger partial charge in [-0.05, 0) is 79.2 Å². The minimum atomic E-state index is 1.09. The maximum atomic E-state index is 4.77. The number of aromatic nitrogens is 2. The van der Waals surface area contributed by atoms with Gasteiger partial charge in [-0.25, -0.2) is 0 Å². The standard InChI is InChI=1S/C26H20N2/c1-15-10-16(2)12-18(11-15)28-22-8-4-6-19-20-7-5-9-27-26(20)21-13-17(3)14-23(28)25(21)24(19)22/h4-14H,1-3H3. The molecule has 0 N–H and O–H groups in total. The Hall–Kier alpha value is -3.39. The van der Waals surface area contributed by atoms with Crippen molar-refractivity contribution in [3.63, 3.8) is 0 Å². The largest absolute Gasteiger partial charge is 0.309 e. The summed E-state index contributed by atoms with van der Waals surface area (Å²) >= 11 is 0. The molecule has 0 saturated heterocycles. The lowest BCUT2D eigenvalue weighted by Crippen LogP contribution is -1.95. The van der Waals surface area contributed by atoms with Gasteiger partial charge in [0.25, 0.3) is 0 Å². The van der Waals surface area contributed by atoms with E-state index in [1.165, 1.54) is 60.3 Å². The third-order valence-corrected chi connectivity index (χ3v) is 5.85. The van der Waals surface area contributed by atoms with Crippen molar-refractivity contribution >= 4 is 43.5 Å². The predicted octanol–water partition coefficient (Wildman–Crippen LogP) is 6.85. The van der Waals surface area contributed by atoms with Crippen LogP contribution in [0.15, 0.2) is 66.9 Å². The topological polar surface area (TPSA) is 17.8 Å². The SMILES string of the molecule is Cc1cc(C)cc(-n2c3cccc4c5cccnc5c5cc(C)cc2c5c43)c1. The second kappa shape index (κ2) is 5.32. The zero-order valence-electron chi connectivity index (χ0n) is 16.2. The molecule has 0 aliphatic rings. The van der Waals surface area contributed by atoms with Crippen LogP contribution in [0.2, 0.25) is 0 Å². The molecule has 0 amide bonds. The number of fused-ring (bicyclic) bond motifs is 3. The highest BCUT2D eigenvalue weighted by Crippen LogP contribution is 2.43. The molecule has 28 heavy (non-hydrogen) atoms. The molecular formula is C26H20N2. The average Bonchev–Trinajstić information content (AvgIpc) is 3.00. The first-order valence-corrected chi connectivity index (χ1v) is 9.74. The molecule has 2 heteroatoms. The third kappa shape index (κ3) is 1.95. The number of pyridine rings is 1. The van der Waals surface area contributed by atoms with Crippen LogP contribution in [0.5, 0.6) is 0 Å². The number of hydrogen-bond donors (Lipinski definition) is 0. The lowest BCUT2D eigenvalue weighted by Gasteiger charge is -2.10. The summed E-state index contributed by atoms with van der Waals surface area (Å²) in [6.45, 7) is 6.52. The van der Waals surface area contributed by atoms with Crippen LogP contribution in [-0.2, 0) is 0 Å². The van der Waals surface area contributed by atoms with Gasteiger partial charge < -0.3 is 4.57 Å². The Morgan fingerprint density at radius 1 is 0.643 bits per heavy atom. The molecular weight excluding hydrogens is 340 g/mol. The maximum Gasteiger partial charge on any atom is 0.0787 e. The Balaban J connectivity index is 1.96. The molecule has 2 aromatic heterocycles. The number of rotatable bonds is 1. The van der Waals surface area contributed by atoms with E-state index in [1.54, 1.807) is 0 Å². The zero-order valence-corrected chi connectivity index (χ0v) is 16.2. The molecule has 0 bridgehead atoms. The van der Waals surface area contributed by atoms with Crippen molar-refractivity contribution in [2.24, 2.45) is 0 Å². The molecule has 0 radical (unpaired) electrons. The zero-order chi connectivity index (χ0) is 19.0. The van der Waals surface area contributed by atoms with E-state index in [1.807, 2.05) is 12.3 Å². The van der Waals surface area contributed by atoms with Gasteiger partial charge in [0.15, 0.2) is 0 Å². The minimum Gasteiger partial charge on any atom is -0.309 e. The fourth-order valence-electron chi connectivity index (χ4n) is 4.93. The highest BCUT2D eigenvalue weighted by molar-refractivity contribution is 6.33. The molecule has 0 spiro atoms. The van der Waals surface area contributed by atoms with Gasteiger partial charge in [-0.2, -0.15) is 0 Å². The van der Waals surface area contributed by atoms with Gasteiger partial charge in [-0.15, -0.1) is 0 Å². The molecule has 4 aromatic carbocycles. The summed E-state index contributed by atoms with van der Waals surface area (Å²) in [7, 11) is 0. The number of aryl methyl sites for hydroxylation is 3. The van der Waals surface area contributed by atoms with Gasteiger partial charge in [0.1, 0.15) is 0 Å². The van der Waals surface area contributed by atoms with Gasteiger partial charge in [0, 0.05) is 33.4 Å². The summed E-state index contributed by atoms with van der Waals surface area (Å²) in [6.07, 6.45) is 1.90. The quantitative estimate of drug-likeness (QED) is 0.293. The van der Waals surface area contributed by atoms with Gasteiger partial charge in [0.2, 0.25) is 0 Å². The monoisotopic (exact) mass is 360 g/mol. The summed E-state index contributed by atoms with van der Waals surface area (Å²) in [5.41, 5.74) is 8.68. The van der Waals surface area contributed by atoms with Crippen molar-refractivity contribution in [2.75, 3.05) is 0 Å². The molecule has 0 fully saturated rings. The molecule has 134 valence electrons. The van der Waals surface area contributed by atoms with E-state index < -0.39 is 0 Å². The molecule has 0 atom stereocenters. The number of nitrogens with zero attached hydrogens (tertiary/aromatic N) is 2. The van der Waals surface area contributed by atoms with Crippen LogP contribution in [0.4, 0.5) is 0 Å². The fourth-order valence-corrected chi connectivity index (χ4v) is 4.93. The Morgan fingerprint density at radius 3 is 2.18 bits per heavy atom.